The SMILES string of the molecule is O=C(Nc1ccc(Cl)cc1)c1ccc(N2CCCC2=O)cc1. The summed E-state index contributed by atoms with van der Waals surface area (Å²) < 4.78 is 0. The van der Waals surface area contributed by atoms with Crippen LogP contribution in [0.1, 0.15) is 23.2 Å². The molecule has 2 amide bonds. The van der Waals surface area contributed by atoms with Gasteiger partial charge in [-0.25, -0.2) is 0 Å². The lowest BCUT2D eigenvalue weighted by atomic mass is 10.1. The van der Waals surface area contributed by atoms with Gasteiger partial charge in [-0.1, -0.05) is 11.6 Å². The van der Waals surface area contributed by atoms with Crippen LogP contribution in [0.25, 0.3) is 0 Å². The van der Waals surface area contributed by atoms with Crippen LogP contribution in [-0.2, 0) is 4.79 Å². The predicted octanol–water partition coefficient (Wildman–Crippen LogP) is 3.72. The minimum atomic E-state index is -0.193. The summed E-state index contributed by atoms with van der Waals surface area (Å²) in [6, 6.07) is 14.0. The van der Waals surface area contributed by atoms with Gasteiger partial charge in [0.15, 0.2) is 0 Å². The molecule has 1 N–H and O–H groups in total. The second-order valence-electron chi connectivity index (χ2n) is 5.16. The molecule has 0 radical (unpaired) electrons. The van der Waals surface area contributed by atoms with E-state index >= 15 is 0 Å². The highest BCUT2D eigenvalue weighted by molar-refractivity contribution is 6.30. The molecule has 0 bridgehead atoms. The van der Waals surface area contributed by atoms with Crippen LogP contribution in [0.3, 0.4) is 0 Å². The number of hydrogen-bond acceptors (Lipinski definition) is 2. The second kappa shape index (κ2) is 6.20. The van der Waals surface area contributed by atoms with E-state index in [1.54, 1.807) is 53.4 Å². The lowest BCUT2D eigenvalue weighted by Crippen LogP contribution is -2.23. The molecule has 0 aliphatic carbocycles. The molecule has 3 rings (SSSR count). The van der Waals surface area contributed by atoms with Gasteiger partial charge in [0.05, 0.1) is 0 Å². The Morgan fingerprint density at radius 2 is 1.73 bits per heavy atom. The van der Waals surface area contributed by atoms with Crippen LogP contribution in [0, 0.1) is 0 Å². The Bertz CT molecular complexity index is 696. The fraction of sp³-hybridized carbons (Fsp3) is 0.176. The van der Waals surface area contributed by atoms with Gasteiger partial charge >= 0.3 is 0 Å². The molecule has 1 saturated heterocycles. The normalized spacial score (nSPS) is 14.2. The Balaban J connectivity index is 1.70. The summed E-state index contributed by atoms with van der Waals surface area (Å²) in [4.78, 5) is 25.6. The van der Waals surface area contributed by atoms with E-state index in [1.807, 2.05) is 0 Å². The van der Waals surface area contributed by atoms with E-state index in [0.29, 0.717) is 22.7 Å². The molecule has 22 heavy (non-hydrogen) atoms. The molecule has 1 fully saturated rings. The van der Waals surface area contributed by atoms with Crippen LogP contribution in [0.5, 0.6) is 0 Å². The lowest BCUT2D eigenvalue weighted by molar-refractivity contribution is -0.117. The molecule has 1 aliphatic heterocycles. The monoisotopic (exact) mass is 314 g/mol. The molecule has 1 heterocycles. The van der Waals surface area contributed by atoms with Gasteiger partial charge in [-0.05, 0) is 55.0 Å². The average Bonchev–Trinajstić information content (AvgIpc) is 2.96. The molecule has 0 saturated carbocycles. The Morgan fingerprint density at radius 3 is 2.32 bits per heavy atom. The van der Waals surface area contributed by atoms with Crippen molar-refractivity contribution < 1.29 is 9.59 Å². The van der Waals surface area contributed by atoms with Crippen LogP contribution in [0.15, 0.2) is 48.5 Å². The summed E-state index contributed by atoms with van der Waals surface area (Å²) in [5, 5.41) is 3.43. The van der Waals surface area contributed by atoms with Gasteiger partial charge in [0.2, 0.25) is 5.91 Å². The van der Waals surface area contributed by atoms with Gasteiger partial charge in [-0.2, -0.15) is 0 Å². The molecule has 112 valence electrons. The third-order valence-electron chi connectivity index (χ3n) is 3.62. The van der Waals surface area contributed by atoms with E-state index in [9.17, 15) is 9.59 Å². The fourth-order valence-electron chi connectivity index (χ4n) is 2.45. The summed E-state index contributed by atoms with van der Waals surface area (Å²) in [6.07, 6.45) is 1.48. The summed E-state index contributed by atoms with van der Waals surface area (Å²) >= 11 is 5.81. The van der Waals surface area contributed by atoms with Crippen molar-refractivity contribution in [1.82, 2.24) is 0 Å². The minimum absolute atomic E-state index is 0.137. The third kappa shape index (κ3) is 3.12. The molecular formula is C17H15ClN2O2. The highest BCUT2D eigenvalue weighted by Crippen LogP contribution is 2.22. The van der Waals surface area contributed by atoms with E-state index in [1.165, 1.54) is 0 Å². The summed E-state index contributed by atoms with van der Waals surface area (Å²) in [5.41, 5.74) is 2.07. The third-order valence-corrected chi connectivity index (χ3v) is 3.87. The van der Waals surface area contributed by atoms with Crippen molar-refractivity contribution in [2.75, 3.05) is 16.8 Å². The number of halogens is 1. The van der Waals surface area contributed by atoms with E-state index in [2.05, 4.69) is 5.32 Å². The molecule has 4 nitrogen and oxygen atoms in total. The number of nitrogens with one attached hydrogen (secondary N) is 1. The van der Waals surface area contributed by atoms with Crippen LogP contribution in [0.2, 0.25) is 5.02 Å². The molecule has 1 aliphatic rings. The maximum absolute atomic E-state index is 12.2. The Kier molecular flexibility index (Phi) is 4.11. The van der Waals surface area contributed by atoms with Gasteiger partial charge in [-0.15, -0.1) is 0 Å². The number of nitrogens with zero attached hydrogens (tertiary/aromatic N) is 1. The minimum Gasteiger partial charge on any atom is -0.322 e. The van der Waals surface area contributed by atoms with Crippen molar-refractivity contribution in [3.63, 3.8) is 0 Å². The average molecular weight is 315 g/mol. The van der Waals surface area contributed by atoms with Crippen molar-refractivity contribution in [1.29, 1.82) is 0 Å². The first-order valence-electron chi connectivity index (χ1n) is 7.11. The molecule has 2 aromatic carbocycles. The summed E-state index contributed by atoms with van der Waals surface area (Å²) in [5.74, 6) is -0.0556. The highest BCUT2D eigenvalue weighted by atomic mass is 35.5. The maximum Gasteiger partial charge on any atom is 0.255 e. The molecular weight excluding hydrogens is 300 g/mol. The van der Waals surface area contributed by atoms with Crippen molar-refractivity contribution >= 4 is 34.8 Å². The van der Waals surface area contributed by atoms with Crippen LogP contribution >= 0.6 is 11.6 Å². The highest BCUT2D eigenvalue weighted by Gasteiger charge is 2.21. The van der Waals surface area contributed by atoms with Gasteiger partial charge in [0.1, 0.15) is 0 Å². The van der Waals surface area contributed by atoms with E-state index in [0.717, 1.165) is 18.7 Å². The zero-order valence-corrected chi connectivity index (χ0v) is 12.6. The summed E-state index contributed by atoms with van der Waals surface area (Å²) in [6.45, 7) is 0.745. The molecule has 5 heteroatoms. The zero-order chi connectivity index (χ0) is 15.5. The first-order chi connectivity index (χ1) is 10.6. The van der Waals surface area contributed by atoms with Gasteiger partial charge in [-0.3, -0.25) is 9.59 Å². The first kappa shape index (κ1) is 14.6. The largest absolute Gasteiger partial charge is 0.322 e. The number of hydrogen-bond donors (Lipinski definition) is 1. The molecule has 0 aromatic heterocycles. The van der Waals surface area contributed by atoms with Crippen molar-refractivity contribution in [3.05, 3.63) is 59.1 Å². The quantitative estimate of drug-likeness (QED) is 0.938. The first-order valence-corrected chi connectivity index (χ1v) is 7.48. The smallest absolute Gasteiger partial charge is 0.255 e. The number of carbonyl (C=O) groups is 2. The van der Waals surface area contributed by atoms with E-state index in [4.69, 9.17) is 11.6 Å². The number of benzene rings is 2. The van der Waals surface area contributed by atoms with E-state index in [-0.39, 0.29) is 11.8 Å². The number of anilines is 2. The fourth-order valence-corrected chi connectivity index (χ4v) is 2.58. The van der Waals surface area contributed by atoms with E-state index < -0.39 is 0 Å². The predicted molar refractivity (Wildman–Crippen MR) is 87.4 cm³/mol. The molecule has 2 aromatic rings. The zero-order valence-electron chi connectivity index (χ0n) is 11.9. The van der Waals surface area contributed by atoms with Crippen molar-refractivity contribution in [2.45, 2.75) is 12.8 Å². The van der Waals surface area contributed by atoms with Gasteiger partial charge < -0.3 is 10.2 Å². The Hall–Kier alpha value is -2.33. The maximum atomic E-state index is 12.2. The van der Waals surface area contributed by atoms with Gasteiger partial charge in [0.25, 0.3) is 5.91 Å². The number of rotatable bonds is 3. The topological polar surface area (TPSA) is 49.4 Å². The van der Waals surface area contributed by atoms with Crippen LogP contribution in [-0.4, -0.2) is 18.4 Å². The van der Waals surface area contributed by atoms with Crippen LogP contribution < -0.4 is 10.2 Å². The van der Waals surface area contributed by atoms with Crippen molar-refractivity contribution in [2.24, 2.45) is 0 Å². The number of carbonyl (C=O) groups excluding carboxylic acids is 2. The molecule has 0 spiro atoms. The Morgan fingerprint density at radius 1 is 1.05 bits per heavy atom. The Labute approximate surface area is 133 Å². The number of amides is 2. The standard InChI is InChI=1S/C17H15ClN2O2/c18-13-5-7-14(8-6-13)19-17(22)12-3-9-15(10-4-12)20-11-1-2-16(20)21/h3-10H,1-2,11H2,(H,19,22). The van der Waals surface area contributed by atoms with Crippen molar-refractivity contribution in [3.8, 4) is 0 Å². The molecule has 0 unspecified atom stereocenters. The summed E-state index contributed by atoms with van der Waals surface area (Å²) in [7, 11) is 0. The molecule has 0 atom stereocenters. The van der Waals surface area contributed by atoms with Gasteiger partial charge in [0, 0.05) is 34.9 Å². The van der Waals surface area contributed by atoms with Crippen LogP contribution in [0.4, 0.5) is 11.4 Å². The second-order valence-corrected chi connectivity index (χ2v) is 5.59. The lowest BCUT2D eigenvalue weighted by Gasteiger charge is -2.15.